The first kappa shape index (κ1) is 30.8. The van der Waals surface area contributed by atoms with E-state index in [0.717, 1.165) is 37.0 Å². The minimum atomic E-state index is -0.592. The molecule has 4 aromatic carbocycles. The Morgan fingerprint density at radius 1 is 0.667 bits per heavy atom. The normalized spacial score (nSPS) is 11.9. The van der Waals surface area contributed by atoms with Gasteiger partial charge in [-0.1, -0.05) is 97.1 Å². The molecule has 0 bridgehead atoms. The standard InChI is InChI=1S/C38H42O4/c1-3-40-37(38(39)41-4-2)29-32-21-23-36(24-22-32)42-25-11-16-33-26-34(19-17-30-12-7-5-8-13-30)28-35(27-33)20-18-31-14-9-6-10-15-31/h5-16,21-24,26-28,37H,3-4,17-20,25,29H2,1-2H3. The van der Waals surface area contributed by atoms with Crippen LogP contribution < -0.4 is 4.74 Å². The first-order valence-electron chi connectivity index (χ1n) is 15.0. The second-order valence-electron chi connectivity index (χ2n) is 10.3. The van der Waals surface area contributed by atoms with Gasteiger partial charge in [-0.3, -0.25) is 0 Å². The van der Waals surface area contributed by atoms with Crippen LogP contribution in [0.4, 0.5) is 0 Å². The number of hydrogen-bond donors (Lipinski definition) is 0. The molecule has 42 heavy (non-hydrogen) atoms. The highest BCUT2D eigenvalue weighted by atomic mass is 16.6. The largest absolute Gasteiger partial charge is 0.490 e. The summed E-state index contributed by atoms with van der Waals surface area (Å²) in [6, 6.07) is 36.1. The van der Waals surface area contributed by atoms with Crippen LogP contribution in [0.15, 0.2) is 109 Å². The van der Waals surface area contributed by atoms with Gasteiger partial charge in [0.2, 0.25) is 0 Å². The quantitative estimate of drug-likeness (QED) is 0.130. The van der Waals surface area contributed by atoms with Gasteiger partial charge in [0.1, 0.15) is 12.4 Å². The van der Waals surface area contributed by atoms with Crippen molar-refractivity contribution < 1.29 is 19.0 Å². The summed E-state index contributed by atoms with van der Waals surface area (Å²) < 4.78 is 16.7. The van der Waals surface area contributed by atoms with Gasteiger partial charge in [0.05, 0.1) is 6.61 Å². The van der Waals surface area contributed by atoms with Gasteiger partial charge in [-0.05, 0) is 91.1 Å². The monoisotopic (exact) mass is 562 g/mol. The van der Waals surface area contributed by atoms with E-state index in [-0.39, 0.29) is 5.97 Å². The van der Waals surface area contributed by atoms with E-state index in [9.17, 15) is 4.79 Å². The number of aryl methyl sites for hydroxylation is 4. The van der Waals surface area contributed by atoms with Crippen molar-refractivity contribution in [1.29, 1.82) is 0 Å². The Morgan fingerprint density at radius 2 is 1.24 bits per heavy atom. The summed E-state index contributed by atoms with van der Waals surface area (Å²) in [7, 11) is 0. The Morgan fingerprint density at radius 3 is 1.79 bits per heavy atom. The van der Waals surface area contributed by atoms with Gasteiger partial charge < -0.3 is 14.2 Å². The lowest BCUT2D eigenvalue weighted by atomic mass is 9.96. The average molecular weight is 563 g/mol. The minimum Gasteiger partial charge on any atom is -0.490 e. The van der Waals surface area contributed by atoms with E-state index in [2.05, 4.69) is 91.0 Å². The number of carbonyl (C=O) groups excluding carboxylic acids is 1. The molecule has 4 heteroatoms. The zero-order chi connectivity index (χ0) is 29.4. The fraction of sp³-hybridized carbons (Fsp3) is 0.289. The summed E-state index contributed by atoms with van der Waals surface area (Å²) in [6.45, 7) is 4.95. The summed E-state index contributed by atoms with van der Waals surface area (Å²) in [5.74, 6) is 0.463. The van der Waals surface area contributed by atoms with Crippen LogP contribution in [0, 0.1) is 0 Å². The van der Waals surface area contributed by atoms with Crippen molar-refractivity contribution in [3.8, 4) is 5.75 Å². The van der Waals surface area contributed by atoms with Crippen molar-refractivity contribution in [2.24, 2.45) is 0 Å². The van der Waals surface area contributed by atoms with Crippen LogP contribution in [0.5, 0.6) is 5.75 Å². The van der Waals surface area contributed by atoms with E-state index >= 15 is 0 Å². The van der Waals surface area contributed by atoms with Crippen LogP contribution in [-0.2, 0) is 46.4 Å². The Kier molecular flexibility index (Phi) is 12.4. The first-order chi connectivity index (χ1) is 20.6. The molecule has 0 fully saturated rings. The fourth-order valence-corrected chi connectivity index (χ4v) is 4.95. The molecular weight excluding hydrogens is 520 g/mol. The van der Waals surface area contributed by atoms with E-state index in [1.54, 1.807) is 6.92 Å². The van der Waals surface area contributed by atoms with Crippen molar-refractivity contribution in [2.75, 3.05) is 19.8 Å². The molecule has 4 nitrogen and oxygen atoms in total. The fourth-order valence-electron chi connectivity index (χ4n) is 4.95. The molecule has 0 amide bonds. The van der Waals surface area contributed by atoms with Crippen molar-refractivity contribution in [2.45, 2.75) is 52.1 Å². The molecular formula is C38H42O4. The van der Waals surface area contributed by atoms with Crippen LogP contribution in [-0.4, -0.2) is 31.9 Å². The van der Waals surface area contributed by atoms with Crippen molar-refractivity contribution in [1.82, 2.24) is 0 Å². The van der Waals surface area contributed by atoms with Crippen molar-refractivity contribution >= 4 is 12.0 Å². The third kappa shape index (κ3) is 10.4. The van der Waals surface area contributed by atoms with Gasteiger partial charge in [0.25, 0.3) is 0 Å². The molecule has 1 atom stereocenters. The van der Waals surface area contributed by atoms with E-state index in [0.29, 0.717) is 26.2 Å². The summed E-state index contributed by atoms with van der Waals surface area (Å²) in [4.78, 5) is 12.2. The summed E-state index contributed by atoms with van der Waals surface area (Å²) in [6.07, 6.45) is 8.16. The van der Waals surface area contributed by atoms with E-state index < -0.39 is 6.10 Å². The average Bonchev–Trinajstić information content (AvgIpc) is 3.03. The van der Waals surface area contributed by atoms with Crippen LogP contribution in [0.25, 0.3) is 6.08 Å². The second-order valence-corrected chi connectivity index (χ2v) is 10.3. The lowest BCUT2D eigenvalue weighted by Gasteiger charge is -2.15. The van der Waals surface area contributed by atoms with Crippen LogP contribution >= 0.6 is 0 Å². The topological polar surface area (TPSA) is 44.8 Å². The molecule has 4 rings (SSSR count). The molecule has 0 N–H and O–H groups in total. The Labute approximate surface area is 251 Å². The Hall–Kier alpha value is -4.15. The van der Waals surface area contributed by atoms with E-state index in [4.69, 9.17) is 14.2 Å². The molecule has 0 heterocycles. The number of rotatable bonds is 16. The molecule has 218 valence electrons. The molecule has 0 saturated heterocycles. The van der Waals surface area contributed by atoms with Crippen LogP contribution in [0.2, 0.25) is 0 Å². The molecule has 0 spiro atoms. The molecule has 4 aromatic rings. The maximum atomic E-state index is 12.2. The summed E-state index contributed by atoms with van der Waals surface area (Å²) in [5, 5.41) is 0. The van der Waals surface area contributed by atoms with Crippen molar-refractivity contribution in [3.05, 3.63) is 143 Å². The predicted octanol–water partition coefficient (Wildman–Crippen LogP) is 7.86. The highest BCUT2D eigenvalue weighted by Crippen LogP contribution is 2.18. The number of hydrogen-bond acceptors (Lipinski definition) is 4. The lowest BCUT2D eigenvalue weighted by molar-refractivity contribution is -0.156. The summed E-state index contributed by atoms with van der Waals surface area (Å²) >= 11 is 0. The molecule has 0 aromatic heterocycles. The lowest BCUT2D eigenvalue weighted by Crippen LogP contribution is -2.28. The second kappa shape index (κ2) is 17.0. The molecule has 0 aliphatic heterocycles. The Bertz CT molecular complexity index is 1320. The minimum absolute atomic E-state index is 0.322. The third-order valence-corrected chi connectivity index (χ3v) is 7.08. The summed E-state index contributed by atoms with van der Waals surface area (Å²) in [5.41, 5.74) is 7.63. The van der Waals surface area contributed by atoms with Gasteiger partial charge in [-0.15, -0.1) is 0 Å². The first-order valence-corrected chi connectivity index (χ1v) is 15.0. The molecule has 0 saturated carbocycles. The number of ether oxygens (including phenoxy) is 3. The number of benzene rings is 4. The maximum absolute atomic E-state index is 12.2. The van der Waals surface area contributed by atoms with Crippen LogP contribution in [0.1, 0.15) is 47.2 Å². The van der Waals surface area contributed by atoms with Gasteiger partial charge in [0, 0.05) is 13.0 Å². The van der Waals surface area contributed by atoms with Gasteiger partial charge in [-0.25, -0.2) is 4.79 Å². The Balaban J connectivity index is 1.36. The predicted molar refractivity (Wildman–Crippen MR) is 171 cm³/mol. The zero-order valence-electron chi connectivity index (χ0n) is 24.8. The van der Waals surface area contributed by atoms with Gasteiger partial charge >= 0.3 is 5.97 Å². The molecule has 0 aliphatic rings. The van der Waals surface area contributed by atoms with Crippen LogP contribution in [0.3, 0.4) is 0 Å². The number of esters is 1. The molecule has 0 aliphatic carbocycles. The maximum Gasteiger partial charge on any atom is 0.335 e. The smallest absolute Gasteiger partial charge is 0.335 e. The number of carbonyl (C=O) groups is 1. The highest BCUT2D eigenvalue weighted by Gasteiger charge is 2.20. The van der Waals surface area contributed by atoms with Gasteiger partial charge in [0.15, 0.2) is 6.10 Å². The van der Waals surface area contributed by atoms with Crippen molar-refractivity contribution in [3.63, 3.8) is 0 Å². The zero-order valence-corrected chi connectivity index (χ0v) is 24.8. The third-order valence-electron chi connectivity index (χ3n) is 7.08. The van der Waals surface area contributed by atoms with Gasteiger partial charge in [-0.2, -0.15) is 0 Å². The highest BCUT2D eigenvalue weighted by molar-refractivity contribution is 5.75. The molecule has 1 unspecified atom stereocenters. The van der Waals surface area contributed by atoms with E-state index in [1.807, 2.05) is 31.2 Å². The molecule has 0 radical (unpaired) electrons. The SMILES string of the molecule is CCOC(=O)C(Cc1ccc(OCC=Cc2cc(CCc3ccccc3)cc(CCc3ccccc3)c2)cc1)OCC. The van der Waals surface area contributed by atoms with E-state index in [1.165, 1.54) is 27.8 Å².